The maximum absolute atomic E-state index is 12.3. The second-order valence-corrected chi connectivity index (χ2v) is 7.99. The van der Waals surface area contributed by atoms with Gasteiger partial charge in [-0.2, -0.15) is 0 Å². The van der Waals surface area contributed by atoms with E-state index in [0.29, 0.717) is 24.1 Å². The molecule has 5 heteroatoms. The second-order valence-electron chi connectivity index (χ2n) is 7.99. The van der Waals surface area contributed by atoms with E-state index >= 15 is 0 Å². The highest BCUT2D eigenvalue weighted by Gasteiger charge is 2.29. The molecule has 3 rings (SSSR count). The van der Waals surface area contributed by atoms with Gasteiger partial charge in [-0.25, -0.2) is 0 Å². The molecule has 2 fully saturated rings. The predicted molar refractivity (Wildman–Crippen MR) is 91.2 cm³/mol. The molecule has 0 radical (unpaired) electrons. The van der Waals surface area contributed by atoms with Crippen LogP contribution >= 0.6 is 0 Å². The number of rotatable bonds is 7. The summed E-state index contributed by atoms with van der Waals surface area (Å²) in [7, 11) is 0. The highest BCUT2D eigenvalue weighted by Crippen LogP contribution is 2.44. The lowest BCUT2D eigenvalue weighted by molar-refractivity contribution is -0.125. The predicted octanol–water partition coefficient (Wildman–Crippen LogP) is 3.09. The molecule has 0 atom stereocenters. The van der Waals surface area contributed by atoms with Gasteiger partial charge in [-0.15, -0.1) is 0 Å². The van der Waals surface area contributed by atoms with E-state index in [1.165, 1.54) is 12.8 Å². The number of nitrogens with zero attached hydrogens (tertiary/aromatic N) is 1. The number of aromatic nitrogens is 1. The van der Waals surface area contributed by atoms with Gasteiger partial charge in [0.1, 0.15) is 11.4 Å². The van der Waals surface area contributed by atoms with Crippen LogP contribution in [-0.4, -0.2) is 29.8 Å². The van der Waals surface area contributed by atoms with Crippen LogP contribution in [0.1, 0.15) is 68.4 Å². The molecule has 2 saturated carbocycles. The van der Waals surface area contributed by atoms with Crippen LogP contribution in [0.5, 0.6) is 5.75 Å². The van der Waals surface area contributed by atoms with Gasteiger partial charge in [-0.05, 0) is 37.5 Å². The van der Waals surface area contributed by atoms with E-state index in [0.717, 1.165) is 24.2 Å². The number of amides is 1. The van der Waals surface area contributed by atoms with Gasteiger partial charge < -0.3 is 10.1 Å². The Morgan fingerprint density at radius 1 is 1.25 bits per heavy atom. The molecule has 5 nitrogen and oxygen atoms in total. The molecule has 0 unspecified atom stereocenters. The average Bonchev–Trinajstić information content (AvgIpc) is 3.42. The van der Waals surface area contributed by atoms with Crippen LogP contribution in [0.3, 0.4) is 0 Å². The summed E-state index contributed by atoms with van der Waals surface area (Å²) in [6, 6.07) is 1.73. The Bertz CT molecular complexity index is 641. The zero-order valence-electron chi connectivity index (χ0n) is 14.7. The first-order valence-corrected chi connectivity index (χ1v) is 8.79. The van der Waals surface area contributed by atoms with Crippen LogP contribution < -0.4 is 10.1 Å². The number of hydrogen-bond donors (Lipinski definition) is 1. The van der Waals surface area contributed by atoms with E-state index in [9.17, 15) is 9.59 Å². The van der Waals surface area contributed by atoms with Crippen LogP contribution in [-0.2, 0) is 4.79 Å². The van der Waals surface area contributed by atoms with Crippen LogP contribution in [0, 0.1) is 11.3 Å². The van der Waals surface area contributed by atoms with E-state index in [4.69, 9.17) is 4.74 Å². The second kappa shape index (κ2) is 6.54. The molecule has 2 aliphatic rings. The number of nitrogens with one attached hydrogen (secondary N) is 1. The van der Waals surface area contributed by atoms with Crippen molar-refractivity contribution >= 4 is 11.7 Å². The number of carbonyl (C=O) groups is 2. The molecule has 1 amide bonds. The normalized spacial score (nSPS) is 17.5. The molecule has 0 bridgehead atoms. The Balaban J connectivity index is 1.66. The monoisotopic (exact) mass is 330 g/mol. The lowest BCUT2D eigenvalue weighted by Crippen LogP contribution is -2.35. The van der Waals surface area contributed by atoms with Crippen molar-refractivity contribution in [3.8, 4) is 5.75 Å². The van der Waals surface area contributed by atoms with Crippen LogP contribution in [0.2, 0.25) is 0 Å². The molecule has 1 N–H and O–H groups in total. The minimum absolute atomic E-state index is 0.00402. The van der Waals surface area contributed by atoms with Crippen LogP contribution in [0.15, 0.2) is 12.3 Å². The molecular weight excluding hydrogens is 304 g/mol. The first-order chi connectivity index (χ1) is 11.3. The van der Waals surface area contributed by atoms with Gasteiger partial charge in [0.25, 0.3) is 5.91 Å². The number of ether oxygens (including phenoxy) is 1. The summed E-state index contributed by atoms with van der Waals surface area (Å²) < 4.78 is 5.95. The Kier molecular flexibility index (Phi) is 4.61. The minimum Gasteiger partial charge on any atom is -0.493 e. The van der Waals surface area contributed by atoms with E-state index in [1.807, 2.05) is 20.8 Å². The van der Waals surface area contributed by atoms with E-state index in [1.54, 1.807) is 12.3 Å². The smallest absolute Gasteiger partial charge is 0.270 e. The largest absolute Gasteiger partial charge is 0.493 e. The fourth-order valence-electron chi connectivity index (χ4n) is 2.41. The molecule has 0 aliphatic heterocycles. The highest BCUT2D eigenvalue weighted by molar-refractivity contribution is 5.96. The molecule has 1 aromatic rings. The molecule has 2 aliphatic carbocycles. The van der Waals surface area contributed by atoms with Gasteiger partial charge in [-0.1, -0.05) is 20.8 Å². The van der Waals surface area contributed by atoms with Crippen molar-refractivity contribution in [1.29, 1.82) is 0 Å². The van der Waals surface area contributed by atoms with Gasteiger partial charge in [0.15, 0.2) is 5.78 Å². The molecule has 24 heavy (non-hydrogen) atoms. The fraction of sp³-hybridized carbons (Fsp3) is 0.632. The van der Waals surface area contributed by atoms with Crippen molar-refractivity contribution in [2.24, 2.45) is 11.3 Å². The molecule has 1 aromatic heterocycles. The Hall–Kier alpha value is -1.91. The van der Waals surface area contributed by atoms with E-state index < -0.39 is 5.41 Å². The molecule has 0 spiro atoms. The van der Waals surface area contributed by atoms with Crippen molar-refractivity contribution in [3.05, 3.63) is 23.5 Å². The maximum atomic E-state index is 12.3. The summed E-state index contributed by atoms with van der Waals surface area (Å²) in [6.45, 7) is 6.26. The SMILES string of the molecule is CC(C)(C)C(=O)CNC(=O)c1cc(OCC2CC2)c(C2CC2)cn1. The standard InChI is InChI=1S/C19H26N2O3/c1-19(2,3)17(22)10-21-18(23)15-8-16(24-11-12-4-5-12)14(9-20-15)13-6-7-13/h8-9,12-13H,4-7,10-11H2,1-3H3,(H,21,23). The topological polar surface area (TPSA) is 68.3 Å². The van der Waals surface area contributed by atoms with Crippen LogP contribution in [0.4, 0.5) is 0 Å². The summed E-state index contributed by atoms with van der Waals surface area (Å²) in [4.78, 5) is 28.5. The first kappa shape index (κ1) is 16.9. The summed E-state index contributed by atoms with van der Waals surface area (Å²) in [5.41, 5.74) is 0.958. The minimum atomic E-state index is -0.463. The summed E-state index contributed by atoms with van der Waals surface area (Å²) in [5.74, 6) is 1.63. The van der Waals surface area contributed by atoms with Crippen LogP contribution in [0.25, 0.3) is 0 Å². The molecule has 0 saturated heterocycles. The average molecular weight is 330 g/mol. The van der Waals surface area contributed by atoms with Crippen molar-refractivity contribution in [3.63, 3.8) is 0 Å². The fourth-order valence-corrected chi connectivity index (χ4v) is 2.41. The molecule has 0 aromatic carbocycles. The Labute approximate surface area is 143 Å². The Morgan fingerprint density at radius 3 is 2.54 bits per heavy atom. The van der Waals surface area contributed by atoms with E-state index in [2.05, 4.69) is 10.3 Å². The summed E-state index contributed by atoms with van der Waals surface area (Å²) in [5, 5.41) is 2.67. The van der Waals surface area contributed by atoms with Crippen molar-refractivity contribution in [1.82, 2.24) is 10.3 Å². The van der Waals surface area contributed by atoms with Gasteiger partial charge in [0.05, 0.1) is 13.2 Å². The first-order valence-electron chi connectivity index (χ1n) is 8.79. The van der Waals surface area contributed by atoms with Gasteiger partial charge in [-0.3, -0.25) is 14.6 Å². The zero-order valence-corrected chi connectivity index (χ0v) is 14.7. The number of hydrogen-bond acceptors (Lipinski definition) is 4. The van der Waals surface area contributed by atoms with Gasteiger partial charge >= 0.3 is 0 Å². The molecule has 130 valence electrons. The Morgan fingerprint density at radius 2 is 1.96 bits per heavy atom. The van der Waals surface area contributed by atoms with Crippen molar-refractivity contribution < 1.29 is 14.3 Å². The van der Waals surface area contributed by atoms with Crippen molar-refractivity contribution in [2.75, 3.05) is 13.2 Å². The van der Waals surface area contributed by atoms with Gasteiger partial charge in [0.2, 0.25) is 0 Å². The summed E-state index contributed by atoms with van der Waals surface area (Å²) >= 11 is 0. The van der Waals surface area contributed by atoms with Gasteiger partial charge in [0, 0.05) is 23.2 Å². The third-order valence-electron chi connectivity index (χ3n) is 4.56. The summed E-state index contributed by atoms with van der Waals surface area (Å²) in [6.07, 6.45) is 6.54. The van der Waals surface area contributed by atoms with E-state index in [-0.39, 0.29) is 18.2 Å². The number of carbonyl (C=O) groups excluding carboxylic acids is 2. The number of pyridine rings is 1. The third kappa shape index (κ3) is 4.34. The number of Topliss-reactive ketones (excluding diaryl/α,β-unsaturated/α-hetero) is 1. The van der Waals surface area contributed by atoms with Crippen molar-refractivity contribution in [2.45, 2.75) is 52.4 Å². The lowest BCUT2D eigenvalue weighted by Gasteiger charge is -2.17. The molecule has 1 heterocycles. The maximum Gasteiger partial charge on any atom is 0.270 e. The quantitative estimate of drug-likeness (QED) is 0.834. The third-order valence-corrected chi connectivity index (χ3v) is 4.56. The zero-order chi connectivity index (χ0) is 17.3. The highest BCUT2D eigenvalue weighted by atomic mass is 16.5. The molecular formula is C19H26N2O3. The lowest BCUT2D eigenvalue weighted by atomic mass is 9.91. The number of ketones is 1.